The summed E-state index contributed by atoms with van der Waals surface area (Å²) in [6.07, 6.45) is 3.74. The lowest BCUT2D eigenvalue weighted by Gasteiger charge is -2.29. The lowest BCUT2D eigenvalue weighted by Crippen LogP contribution is -2.46. The van der Waals surface area contributed by atoms with E-state index in [9.17, 15) is 0 Å². The van der Waals surface area contributed by atoms with Crippen LogP contribution in [0.25, 0.3) is 11.0 Å². The molecule has 0 spiro atoms. The standard InChI is InChI=1S/C18H25N3O2/c1-4-22-15-10-5-7-13-11-16(23-17(13)15)12(2)20-18(19-3)21-14-8-6-9-14/h5,7,10-12,14H,4,6,8-9H2,1-3H3,(H2,19,20,21). The lowest BCUT2D eigenvalue weighted by molar-refractivity contribution is 0.336. The van der Waals surface area contributed by atoms with E-state index in [0.29, 0.717) is 12.6 Å². The molecule has 0 bridgehead atoms. The first-order valence-electron chi connectivity index (χ1n) is 8.36. The molecular weight excluding hydrogens is 290 g/mol. The Morgan fingerprint density at radius 2 is 2.26 bits per heavy atom. The van der Waals surface area contributed by atoms with Crippen LogP contribution in [0.3, 0.4) is 0 Å². The Labute approximate surface area is 137 Å². The minimum Gasteiger partial charge on any atom is -0.490 e. The van der Waals surface area contributed by atoms with Gasteiger partial charge in [-0.1, -0.05) is 12.1 Å². The fourth-order valence-corrected chi connectivity index (χ4v) is 2.73. The van der Waals surface area contributed by atoms with Crippen molar-refractivity contribution in [3.63, 3.8) is 0 Å². The number of furan rings is 1. The third kappa shape index (κ3) is 3.44. The summed E-state index contributed by atoms with van der Waals surface area (Å²) in [6, 6.07) is 8.61. The van der Waals surface area contributed by atoms with Gasteiger partial charge in [-0.25, -0.2) is 0 Å². The van der Waals surface area contributed by atoms with Crippen LogP contribution in [0.1, 0.15) is 44.9 Å². The van der Waals surface area contributed by atoms with Crippen LogP contribution in [0, 0.1) is 0 Å². The van der Waals surface area contributed by atoms with E-state index in [0.717, 1.165) is 28.4 Å². The van der Waals surface area contributed by atoms with Gasteiger partial charge in [0.05, 0.1) is 12.6 Å². The number of ether oxygens (including phenoxy) is 1. The molecule has 5 heteroatoms. The SMILES string of the molecule is CCOc1cccc2cc(C(C)NC(=NC)NC3CCC3)oc12. The predicted octanol–water partition coefficient (Wildman–Crippen LogP) is 3.61. The summed E-state index contributed by atoms with van der Waals surface area (Å²) in [5.74, 6) is 2.50. The van der Waals surface area contributed by atoms with Crippen molar-refractivity contribution in [3.05, 3.63) is 30.0 Å². The second kappa shape index (κ2) is 6.94. The summed E-state index contributed by atoms with van der Waals surface area (Å²) in [5, 5.41) is 7.90. The van der Waals surface area contributed by atoms with E-state index in [1.165, 1.54) is 19.3 Å². The largest absolute Gasteiger partial charge is 0.490 e. The smallest absolute Gasteiger partial charge is 0.191 e. The van der Waals surface area contributed by atoms with Gasteiger partial charge >= 0.3 is 0 Å². The third-order valence-corrected chi connectivity index (χ3v) is 4.28. The second-order valence-electron chi connectivity index (χ2n) is 5.97. The maximum atomic E-state index is 6.03. The van der Waals surface area contributed by atoms with Gasteiger partial charge in [0.1, 0.15) is 5.76 Å². The van der Waals surface area contributed by atoms with Crippen molar-refractivity contribution in [3.8, 4) is 5.75 Å². The van der Waals surface area contributed by atoms with Crippen molar-refractivity contribution >= 4 is 16.9 Å². The molecule has 0 saturated heterocycles. The van der Waals surface area contributed by atoms with Gasteiger partial charge in [0.25, 0.3) is 0 Å². The van der Waals surface area contributed by atoms with E-state index in [2.05, 4.69) is 28.6 Å². The van der Waals surface area contributed by atoms with Gasteiger partial charge in [-0.2, -0.15) is 0 Å². The van der Waals surface area contributed by atoms with Crippen molar-refractivity contribution < 1.29 is 9.15 Å². The van der Waals surface area contributed by atoms with Gasteiger partial charge in [0.2, 0.25) is 0 Å². The molecule has 3 rings (SSSR count). The van der Waals surface area contributed by atoms with E-state index in [1.807, 2.05) is 25.1 Å². The third-order valence-electron chi connectivity index (χ3n) is 4.28. The number of aliphatic imine (C=N–C) groups is 1. The Bertz CT molecular complexity index is 689. The Hall–Kier alpha value is -2.17. The maximum absolute atomic E-state index is 6.03. The molecule has 5 nitrogen and oxygen atoms in total. The number of guanidine groups is 1. The molecule has 2 aromatic rings. The normalized spacial score (nSPS) is 16.9. The first-order valence-corrected chi connectivity index (χ1v) is 8.36. The molecule has 1 aliphatic carbocycles. The topological polar surface area (TPSA) is 58.8 Å². The highest BCUT2D eigenvalue weighted by atomic mass is 16.5. The molecule has 1 aliphatic rings. The van der Waals surface area contributed by atoms with Gasteiger partial charge in [-0.15, -0.1) is 0 Å². The molecule has 1 fully saturated rings. The van der Waals surface area contributed by atoms with Crippen LogP contribution >= 0.6 is 0 Å². The van der Waals surface area contributed by atoms with Crippen LogP contribution in [-0.4, -0.2) is 25.7 Å². The fraction of sp³-hybridized carbons (Fsp3) is 0.500. The summed E-state index contributed by atoms with van der Waals surface area (Å²) in [5.41, 5.74) is 0.805. The van der Waals surface area contributed by atoms with E-state index >= 15 is 0 Å². The Balaban J connectivity index is 1.74. The number of nitrogens with one attached hydrogen (secondary N) is 2. The summed E-state index contributed by atoms with van der Waals surface area (Å²) < 4.78 is 11.7. The molecule has 0 amide bonds. The summed E-state index contributed by atoms with van der Waals surface area (Å²) in [7, 11) is 1.80. The molecule has 1 aromatic carbocycles. The molecular formula is C18H25N3O2. The van der Waals surface area contributed by atoms with Crippen molar-refractivity contribution in [2.75, 3.05) is 13.7 Å². The lowest BCUT2D eigenvalue weighted by atomic mass is 9.93. The number of hydrogen-bond acceptors (Lipinski definition) is 3. The van der Waals surface area contributed by atoms with Crippen LogP contribution in [0.15, 0.2) is 33.7 Å². The molecule has 1 atom stereocenters. The molecule has 0 radical (unpaired) electrons. The molecule has 1 aromatic heterocycles. The summed E-state index contributed by atoms with van der Waals surface area (Å²) >= 11 is 0. The average molecular weight is 315 g/mol. The van der Waals surface area contributed by atoms with Crippen LogP contribution in [0.5, 0.6) is 5.75 Å². The maximum Gasteiger partial charge on any atom is 0.191 e. The van der Waals surface area contributed by atoms with Crippen molar-refractivity contribution in [1.29, 1.82) is 0 Å². The highest BCUT2D eigenvalue weighted by molar-refractivity contribution is 5.84. The fourth-order valence-electron chi connectivity index (χ4n) is 2.73. The first kappa shape index (κ1) is 15.7. The van der Waals surface area contributed by atoms with Gasteiger partial charge in [-0.3, -0.25) is 4.99 Å². The molecule has 23 heavy (non-hydrogen) atoms. The predicted molar refractivity (Wildman–Crippen MR) is 93.1 cm³/mol. The average Bonchev–Trinajstić information content (AvgIpc) is 2.95. The molecule has 0 aliphatic heterocycles. The van der Waals surface area contributed by atoms with Crippen LogP contribution < -0.4 is 15.4 Å². The number of nitrogens with zero attached hydrogens (tertiary/aromatic N) is 1. The highest BCUT2D eigenvalue weighted by Gasteiger charge is 2.20. The first-order chi connectivity index (χ1) is 11.2. The second-order valence-corrected chi connectivity index (χ2v) is 5.97. The zero-order valence-electron chi connectivity index (χ0n) is 14.1. The Morgan fingerprint density at radius 3 is 2.91 bits per heavy atom. The van der Waals surface area contributed by atoms with Gasteiger partial charge in [0.15, 0.2) is 17.3 Å². The van der Waals surface area contributed by atoms with E-state index in [-0.39, 0.29) is 6.04 Å². The number of rotatable bonds is 5. The highest BCUT2D eigenvalue weighted by Crippen LogP contribution is 2.31. The van der Waals surface area contributed by atoms with Crippen LogP contribution in [0.2, 0.25) is 0 Å². The zero-order valence-corrected chi connectivity index (χ0v) is 14.1. The van der Waals surface area contributed by atoms with E-state index < -0.39 is 0 Å². The molecule has 1 saturated carbocycles. The Morgan fingerprint density at radius 1 is 1.43 bits per heavy atom. The minimum atomic E-state index is 0.0307. The summed E-state index contributed by atoms with van der Waals surface area (Å²) in [4.78, 5) is 4.30. The number of benzene rings is 1. The Kier molecular flexibility index (Phi) is 4.74. The zero-order chi connectivity index (χ0) is 16.2. The van der Waals surface area contributed by atoms with E-state index in [4.69, 9.17) is 9.15 Å². The number of hydrogen-bond donors (Lipinski definition) is 2. The minimum absolute atomic E-state index is 0.0307. The van der Waals surface area contributed by atoms with Crippen LogP contribution in [0.4, 0.5) is 0 Å². The van der Waals surface area contributed by atoms with E-state index in [1.54, 1.807) is 7.05 Å². The molecule has 1 heterocycles. The monoisotopic (exact) mass is 315 g/mol. The number of para-hydroxylation sites is 1. The molecule has 2 N–H and O–H groups in total. The molecule has 124 valence electrons. The van der Waals surface area contributed by atoms with Crippen molar-refractivity contribution in [2.24, 2.45) is 4.99 Å². The summed E-state index contributed by atoms with van der Waals surface area (Å²) in [6.45, 7) is 4.68. The van der Waals surface area contributed by atoms with Crippen molar-refractivity contribution in [1.82, 2.24) is 10.6 Å². The van der Waals surface area contributed by atoms with Gasteiger partial charge < -0.3 is 19.8 Å². The quantitative estimate of drug-likeness (QED) is 0.654. The van der Waals surface area contributed by atoms with Crippen molar-refractivity contribution in [2.45, 2.75) is 45.2 Å². The van der Waals surface area contributed by atoms with Gasteiger partial charge in [-0.05, 0) is 45.2 Å². The molecule has 1 unspecified atom stereocenters. The van der Waals surface area contributed by atoms with Crippen LogP contribution in [-0.2, 0) is 0 Å². The number of fused-ring (bicyclic) bond motifs is 1. The van der Waals surface area contributed by atoms with Gasteiger partial charge in [0, 0.05) is 18.5 Å².